The maximum absolute atomic E-state index is 12.5. The standard InChI is InChI=1S/C13H19ClN4O/c1-10-9-12(11(2)16-15-10)13(19)18-7-5-17(4-3-14)6-8-18/h9H,3-8H2,1-2H3. The van der Waals surface area contributed by atoms with Crippen molar-refractivity contribution in [1.29, 1.82) is 0 Å². The Morgan fingerprint density at radius 3 is 2.58 bits per heavy atom. The number of alkyl halides is 1. The summed E-state index contributed by atoms with van der Waals surface area (Å²) in [6.45, 7) is 7.82. The number of amides is 1. The Bertz CT molecular complexity index is 458. The minimum Gasteiger partial charge on any atom is -0.336 e. The van der Waals surface area contributed by atoms with E-state index >= 15 is 0 Å². The number of carbonyl (C=O) groups is 1. The fourth-order valence-electron chi connectivity index (χ4n) is 2.23. The van der Waals surface area contributed by atoms with Crippen LogP contribution in [0.2, 0.25) is 0 Å². The van der Waals surface area contributed by atoms with E-state index in [1.54, 1.807) is 0 Å². The normalized spacial score (nSPS) is 16.7. The Kier molecular flexibility index (Phi) is 4.71. The molecule has 6 heteroatoms. The quantitative estimate of drug-likeness (QED) is 0.779. The second kappa shape index (κ2) is 6.30. The summed E-state index contributed by atoms with van der Waals surface area (Å²) in [5, 5.41) is 7.97. The first-order chi connectivity index (χ1) is 9.11. The number of halogens is 1. The lowest BCUT2D eigenvalue weighted by molar-refractivity contribution is 0.0642. The van der Waals surface area contributed by atoms with E-state index in [1.807, 2.05) is 24.8 Å². The lowest BCUT2D eigenvalue weighted by Crippen LogP contribution is -2.49. The smallest absolute Gasteiger partial charge is 0.255 e. The summed E-state index contributed by atoms with van der Waals surface area (Å²) in [6, 6.07) is 1.82. The van der Waals surface area contributed by atoms with Crippen LogP contribution < -0.4 is 0 Å². The van der Waals surface area contributed by atoms with Crippen LogP contribution in [0, 0.1) is 13.8 Å². The number of nitrogens with zero attached hydrogens (tertiary/aromatic N) is 4. The average Bonchev–Trinajstić information content (AvgIpc) is 2.42. The summed E-state index contributed by atoms with van der Waals surface area (Å²) in [6.07, 6.45) is 0. The topological polar surface area (TPSA) is 49.3 Å². The van der Waals surface area contributed by atoms with E-state index in [2.05, 4.69) is 15.1 Å². The molecule has 0 atom stereocenters. The van der Waals surface area contributed by atoms with Crippen LogP contribution in [-0.2, 0) is 0 Å². The highest BCUT2D eigenvalue weighted by Crippen LogP contribution is 2.11. The van der Waals surface area contributed by atoms with E-state index in [9.17, 15) is 4.79 Å². The molecular weight excluding hydrogens is 264 g/mol. The SMILES string of the molecule is Cc1cc(C(=O)N2CCN(CCCl)CC2)c(C)nn1. The van der Waals surface area contributed by atoms with Crippen molar-refractivity contribution in [3.05, 3.63) is 23.0 Å². The minimum absolute atomic E-state index is 0.0565. The molecule has 1 aliphatic rings. The maximum Gasteiger partial charge on any atom is 0.255 e. The largest absolute Gasteiger partial charge is 0.336 e. The molecule has 0 N–H and O–H groups in total. The summed E-state index contributed by atoms with van der Waals surface area (Å²) in [5.74, 6) is 0.696. The monoisotopic (exact) mass is 282 g/mol. The zero-order valence-corrected chi connectivity index (χ0v) is 12.2. The molecule has 104 valence electrons. The van der Waals surface area contributed by atoms with Gasteiger partial charge in [-0.25, -0.2) is 0 Å². The van der Waals surface area contributed by atoms with Crippen molar-refractivity contribution in [2.75, 3.05) is 38.6 Å². The molecule has 1 aromatic heterocycles. The van der Waals surface area contributed by atoms with Crippen LogP contribution in [0.25, 0.3) is 0 Å². The summed E-state index contributed by atoms with van der Waals surface area (Å²) in [5.41, 5.74) is 2.13. The minimum atomic E-state index is 0.0565. The van der Waals surface area contributed by atoms with Crippen molar-refractivity contribution in [3.63, 3.8) is 0 Å². The molecule has 0 radical (unpaired) electrons. The average molecular weight is 283 g/mol. The molecule has 1 aromatic rings. The van der Waals surface area contributed by atoms with Gasteiger partial charge in [-0.3, -0.25) is 9.69 Å². The van der Waals surface area contributed by atoms with Crippen LogP contribution in [0.4, 0.5) is 0 Å². The molecule has 0 aliphatic carbocycles. The highest BCUT2D eigenvalue weighted by atomic mass is 35.5. The van der Waals surface area contributed by atoms with Gasteiger partial charge in [0.15, 0.2) is 0 Å². The molecule has 0 aromatic carbocycles. The summed E-state index contributed by atoms with van der Waals surface area (Å²) < 4.78 is 0. The Labute approximate surface area is 118 Å². The molecule has 1 fully saturated rings. The van der Waals surface area contributed by atoms with Crippen LogP contribution in [0.3, 0.4) is 0 Å². The first-order valence-electron chi connectivity index (χ1n) is 6.50. The molecule has 0 spiro atoms. The summed E-state index contributed by atoms with van der Waals surface area (Å²) >= 11 is 5.73. The zero-order chi connectivity index (χ0) is 13.8. The maximum atomic E-state index is 12.5. The lowest BCUT2D eigenvalue weighted by Gasteiger charge is -2.34. The van der Waals surface area contributed by atoms with Crippen LogP contribution in [0.15, 0.2) is 6.07 Å². The number of aromatic nitrogens is 2. The Hall–Kier alpha value is -1.20. The molecule has 0 bridgehead atoms. The van der Waals surface area contributed by atoms with E-state index in [1.165, 1.54) is 0 Å². The van der Waals surface area contributed by atoms with Crippen LogP contribution in [0.1, 0.15) is 21.7 Å². The predicted molar refractivity (Wildman–Crippen MR) is 74.6 cm³/mol. The van der Waals surface area contributed by atoms with Gasteiger partial charge in [-0.1, -0.05) is 0 Å². The molecule has 0 saturated carbocycles. The first kappa shape index (κ1) is 14.2. The molecule has 1 aliphatic heterocycles. The van der Waals surface area contributed by atoms with Crippen molar-refractivity contribution in [1.82, 2.24) is 20.0 Å². The highest BCUT2D eigenvalue weighted by molar-refractivity contribution is 6.18. The van der Waals surface area contributed by atoms with Crippen LogP contribution in [0.5, 0.6) is 0 Å². The number of piperazine rings is 1. The van der Waals surface area contributed by atoms with E-state index in [0.29, 0.717) is 17.1 Å². The second-order valence-electron chi connectivity index (χ2n) is 4.81. The third-order valence-corrected chi connectivity index (χ3v) is 3.56. The highest BCUT2D eigenvalue weighted by Gasteiger charge is 2.23. The van der Waals surface area contributed by atoms with Crippen LogP contribution >= 0.6 is 11.6 Å². The first-order valence-corrected chi connectivity index (χ1v) is 7.04. The van der Waals surface area contributed by atoms with Crippen molar-refractivity contribution in [2.45, 2.75) is 13.8 Å². The summed E-state index contributed by atoms with van der Waals surface area (Å²) in [4.78, 5) is 16.6. The van der Waals surface area contributed by atoms with Crippen molar-refractivity contribution < 1.29 is 4.79 Å². The zero-order valence-electron chi connectivity index (χ0n) is 11.4. The van der Waals surface area contributed by atoms with Gasteiger partial charge in [0.2, 0.25) is 0 Å². The number of rotatable bonds is 3. The lowest BCUT2D eigenvalue weighted by atomic mass is 10.1. The van der Waals surface area contributed by atoms with Gasteiger partial charge < -0.3 is 4.90 Å². The number of aryl methyl sites for hydroxylation is 2. The molecule has 2 rings (SSSR count). The molecule has 1 amide bonds. The fraction of sp³-hybridized carbons (Fsp3) is 0.615. The van der Waals surface area contributed by atoms with Gasteiger partial charge in [0.05, 0.1) is 17.0 Å². The number of carbonyl (C=O) groups excluding carboxylic acids is 1. The van der Waals surface area contributed by atoms with E-state index in [-0.39, 0.29) is 5.91 Å². The Morgan fingerprint density at radius 2 is 1.95 bits per heavy atom. The third-order valence-electron chi connectivity index (χ3n) is 3.39. The Morgan fingerprint density at radius 1 is 1.26 bits per heavy atom. The van der Waals surface area contributed by atoms with Gasteiger partial charge in [0, 0.05) is 38.6 Å². The number of hydrogen-bond donors (Lipinski definition) is 0. The number of hydrogen-bond acceptors (Lipinski definition) is 4. The Balaban J connectivity index is 2.03. The van der Waals surface area contributed by atoms with E-state index < -0.39 is 0 Å². The van der Waals surface area contributed by atoms with Crippen molar-refractivity contribution in [2.24, 2.45) is 0 Å². The molecule has 0 unspecified atom stereocenters. The molecule has 1 saturated heterocycles. The van der Waals surface area contributed by atoms with Crippen molar-refractivity contribution in [3.8, 4) is 0 Å². The molecular formula is C13H19ClN4O. The second-order valence-corrected chi connectivity index (χ2v) is 5.19. The van der Waals surface area contributed by atoms with Gasteiger partial charge in [0.1, 0.15) is 0 Å². The molecule has 19 heavy (non-hydrogen) atoms. The van der Waals surface area contributed by atoms with Crippen LogP contribution in [-0.4, -0.2) is 64.5 Å². The predicted octanol–water partition coefficient (Wildman–Crippen LogP) is 1.09. The third kappa shape index (κ3) is 3.42. The van der Waals surface area contributed by atoms with Gasteiger partial charge in [-0.2, -0.15) is 10.2 Å². The van der Waals surface area contributed by atoms with Crippen molar-refractivity contribution >= 4 is 17.5 Å². The summed E-state index contributed by atoms with van der Waals surface area (Å²) in [7, 11) is 0. The van der Waals surface area contributed by atoms with E-state index in [0.717, 1.165) is 38.4 Å². The van der Waals surface area contributed by atoms with E-state index in [4.69, 9.17) is 11.6 Å². The molecule has 2 heterocycles. The van der Waals surface area contributed by atoms with Gasteiger partial charge >= 0.3 is 0 Å². The van der Waals surface area contributed by atoms with Gasteiger partial charge in [0.25, 0.3) is 5.91 Å². The van der Waals surface area contributed by atoms with Gasteiger partial charge in [-0.05, 0) is 19.9 Å². The fourth-order valence-corrected chi connectivity index (χ4v) is 2.47. The van der Waals surface area contributed by atoms with Gasteiger partial charge in [-0.15, -0.1) is 11.6 Å². The molecule has 5 nitrogen and oxygen atoms in total.